The number of likely N-dealkylation sites (N-methyl/N-ethyl adjacent to an activating group) is 1. The van der Waals surface area contributed by atoms with Crippen molar-refractivity contribution in [2.75, 3.05) is 39.4 Å². The second-order valence-electron chi connectivity index (χ2n) is 8.83. The van der Waals surface area contributed by atoms with E-state index in [0.29, 0.717) is 13.0 Å². The minimum absolute atomic E-state index is 0.0914. The smallest absolute Gasteiger partial charge is 0.220 e. The summed E-state index contributed by atoms with van der Waals surface area (Å²) in [5.41, 5.74) is 0. The van der Waals surface area contributed by atoms with Crippen molar-refractivity contribution in [3.8, 4) is 0 Å². The van der Waals surface area contributed by atoms with Gasteiger partial charge in [0.05, 0.1) is 32.8 Å². The molecule has 210 valence electrons. The lowest BCUT2D eigenvalue weighted by molar-refractivity contribution is -0.897. The fourth-order valence-corrected chi connectivity index (χ4v) is 3.89. The highest BCUT2D eigenvalue weighted by atomic mass is 32.3. The summed E-state index contributed by atoms with van der Waals surface area (Å²) in [5.74, 6) is 0.178. The third-order valence-electron chi connectivity index (χ3n) is 5.69. The van der Waals surface area contributed by atoms with Crippen molar-refractivity contribution in [2.24, 2.45) is 0 Å². The molecule has 35 heavy (non-hydrogen) atoms. The summed E-state index contributed by atoms with van der Waals surface area (Å²) in [6.07, 6.45) is 22.1. The molecule has 0 fully saturated rings. The summed E-state index contributed by atoms with van der Waals surface area (Å²) in [7, 11) is -4.42. The number of hydrogen-bond acceptors (Lipinski definition) is 6. The van der Waals surface area contributed by atoms with Crippen LogP contribution in [0.2, 0.25) is 0 Å². The van der Waals surface area contributed by atoms with E-state index in [9.17, 15) is 17.8 Å². The molecule has 0 aromatic carbocycles. The van der Waals surface area contributed by atoms with Gasteiger partial charge >= 0.3 is 0 Å². The molecule has 3 N–H and O–H groups in total. The van der Waals surface area contributed by atoms with Gasteiger partial charge in [0.2, 0.25) is 16.3 Å². The second kappa shape index (κ2) is 27.6. The van der Waals surface area contributed by atoms with Crippen molar-refractivity contribution in [2.45, 2.75) is 111 Å². The number of hydrogen-bond donors (Lipinski definition) is 3. The van der Waals surface area contributed by atoms with Gasteiger partial charge in [-0.05, 0) is 46.0 Å². The highest BCUT2D eigenvalue weighted by molar-refractivity contribution is 7.80. The lowest BCUT2D eigenvalue weighted by Crippen LogP contribution is -3.12. The number of rotatable bonds is 23. The first-order valence-corrected chi connectivity index (χ1v) is 15.1. The Morgan fingerprint density at radius 3 is 1.89 bits per heavy atom. The number of amides is 1. The Hall–Kier alpha value is -1.00. The van der Waals surface area contributed by atoms with Crippen LogP contribution in [0.3, 0.4) is 0 Å². The Balaban J connectivity index is 0. The summed E-state index contributed by atoms with van der Waals surface area (Å²) < 4.78 is 32.0. The van der Waals surface area contributed by atoms with E-state index in [1.807, 2.05) is 0 Å². The maximum absolute atomic E-state index is 11.8. The Morgan fingerprint density at radius 2 is 1.43 bits per heavy atom. The van der Waals surface area contributed by atoms with E-state index in [4.69, 9.17) is 5.11 Å². The highest BCUT2D eigenvalue weighted by Crippen LogP contribution is 2.09. The third-order valence-corrected chi connectivity index (χ3v) is 6.22. The SMILES string of the molecule is CCCCCCCC/C=C\CCCCCCCC(=O)NCC[NH+](CC)CCO.CCOS(=O)(=O)[O-]. The van der Waals surface area contributed by atoms with Crippen LogP contribution in [0.1, 0.15) is 111 Å². The summed E-state index contributed by atoms with van der Waals surface area (Å²) in [5, 5.41) is 12.0. The molecule has 9 heteroatoms. The van der Waals surface area contributed by atoms with E-state index in [0.717, 1.165) is 32.5 Å². The van der Waals surface area contributed by atoms with E-state index in [2.05, 4.69) is 35.5 Å². The van der Waals surface area contributed by atoms with E-state index in [-0.39, 0.29) is 19.1 Å². The monoisotopic (exact) mass is 522 g/mol. The number of aliphatic hydroxyl groups is 1. The standard InChI is InChI=1S/C24H48N2O2.C2H6O4S/c1-3-5-6-7-8-9-10-11-12-13-14-15-16-17-18-19-24(28)25-20-21-26(4-2)22-23-27;1-2-6-7(3,4)5/h11-12,27H,3-10,13-23H2,1-2H3,(H,25,28);2H2,1H3,(H,3,4,5)/b12-11-;. The molecule has 0 bridgehead atoms. The summed E-state index contributed by atoms with van der Waals surface area (Å²) in [6, 6.07) is 0. The minimum Gasteiger partial charge on any atom is -0.726 e. The van der Waals surface area contributed by atoms with Gasteiger partial charge in [-0.3, -0.25) is 8.98 Å². The molecule has 0 rings (SSSR count). The zero-order chi connectivity index (χ0) is 26.6. The quantitative estimate of drug-likeness (QED) is 0.0817. The average Bonchev–Trinajstić information content (AvgIpc) is 2.80. The van der Waals surface area contributed by atoms with Gasteiger partial charge in [-0.15, -0.1) is 0 Å². The molecule has 0 saturated heterocycles. The van der Waals surface area contributed by atoms with Gasteiger partial charge in [0.25, 0.3) is 0 Å². The van der Waals surface area contributed by atoms with Crippen molar-refractivity contribution >= 4 is 16.3 Å². The van der Waals surface area contributed by atoms with Gasteiger partial charge in [0.15, 0.2) is 0 Å². The number of carbonyl (C=O) groups is 1. The normalized spacial score (nSPS) is 12.4. The zero-order valence-corrected chi connectivity index (χ0v) is 23.5. The van der Waals surface area contributed by atoms with Crippen molar-refractivity contribution in [3.63, 3.8) is 0 Å². The van der Waals surface area contributed by atoms with Crippen molar-refractivity contribution in [3.05, 3.63) is 12.2 Å². The van der Waals surface area contributed by atoms with Gasteiger partial charge in [-0.25, -0.2) is 8.42 Å². The number of allylic oxidation sites excluding steroid dienone is 2. The summed E-state index contributed by atoms with van der Waals surface area (Å²) in [6.45, 7) is 9.29. The molecule has 1 unspecified atom stereocenters. The molecule has 0 aromatic heterocycles. The van der Waals surface area contributed by atoms with Crippen LogP contribution in [0.5, 0.6) is 0 Å². The van der Waals surface area contributed by atoms with Gasteiger partial charge < -0.3 is 19.9 Å². The highest BCUT2D eigenvalue weighted by Gasteiger charge is 2.06. The molecule has 0 heterocycles. The Bertz CT molecular complexity index is 584. The molecule has 1 atom stereocenters. The Morgan fingerprint density at radius 1 is 0.886 bits per heavy atom. The first-order valence-electron chi connectivity index (χ1n) is 13.8. The average molecular weight is 523 g/mol. The van der Waals surface area contributed by atoms with Crippen LogP contribution < -0.4 is 10.2 Å². The zero-order valence-electron chi connectivity index (χ0n) is 22.7. The van der Waals surface area contributed by atoms with Crippen molar-refractivity contribution in [1.82, 2.24) is 5.32 Å². The van der Waals surface area contributed by atoms with Crippen LogP contribution in [-0.2, 0) is 19.4 Å². The summed E-state index contributed by atoms with van der Waals surface area (Å²) >= 11 is 0. The molecule has 1 amide bonds. The second-order valence-corrected chi connectivity index (χ2v) is 9.88. The van der Waals surface area contributed by atoms with Crippen LogP contribution in [0.4, 0.5) is 0 Å². The van der Waals surface area contributed by atoms with Crippen LogP contribution in [0.25, 0.3) is 0 Å². The third kappa shape index (κ3) is 33.0. The van der Waals surface area contributed by atoms with E-state index in [1.54, 1.807) is 0 Å². The molecule has 0 aliphatic rings. The number of unbranched alkanes of at least 4 members (excludes halogenated alkanes) is 11. The largest absolute Gasteiger partial charge is 0.726 e. The lowest BCUT2D eigenvalue weighted by Gasteiger charge is -2.16. The number of nitrogens with one attached hydrogen (secondary N) is 2. The maximum Gasteiger partial charge on any atom is 0.220 e. The van der Waals surface area contributed by atoms with Gasteiger partial charge in [-0.1, -0.05) is 70.4 Å². The number of aliphatic hydroxyl groups excluding tert-OH is 1. The van der Waals surface area contributed by atoms with E-state index in [1.165, 1.54) is 82.5 Å². The van der Waals surface area contributed by atoms with Gasteiger partial charge in [0, 0.05) is 6.42 Å². The number of carbonyl (C=O) groups excluding carboxylic acids is 1. The van der Waals surface area contributed by atoms with E-state index >= 15 is 0 Å². The van der Waals surface area contributed by atoms with Crippen LogP contribution in [0, 0.1) is 0 Å². The molecule has 0 aliphatic carbocycles. The first kappa shape index (κ1) is 36.2. The molecule has 8 nitrogen and oxygen atoms in total. The topological polar surface area (TPSA) is 120 Å². The van der Waals surface area contributed by atoms with Crippen LogP contribution in [0.15, 0.2) is 12.2 Å². The molecule has 0 aliphatic heterocycles. The number of quaternary nitrogens is 1. The molecular weight excluding hydrogens is 468 g/mol. The van der Waals surface area contributed by atoms with Crippen molar-refractivity contribution < 1.29 is 32.0 Å². The summed E-state index contributed by atoms with van der Waals surface area (Å²) in [4.78, 5) is 13.2. The predicted octanol–water partition coefficient (Wildman–Crippen LogP) is 3.52. The molecular formula is C26H54N2O6S. The van der Waals surface area contributed by atoms with Gasteiger partial charge in [-0.2, -0.15) is 0 Å². The molecule has 0 aromatic rings. The molecule has 0 saturated carbocycles. The van der Waals surface area contributed by atoms with Crippen LogP contribution in [-0.4, -0.2) is 63.4 Å². The van der Waals surface area contributed by atoms with Crippen molar-refractivity contribution in [1.29, 1.82) is 0 Å². The lowest BCUT2D eigenvalue weighted by atomic mass is 10.1. The minimum atomic E-state index is -4.42. The molecule has 0 radical (unpaired) electrons. The molecule has 0 spiro atoms. The maximum atomic E-state index is 11.8. The fraction of sp³-hybridized carbons (Fsp3) is 0.885. The first-order chi connectivity index (χ1) is 16.8. The predicted molar refractivity (Wildman–Crippen MR) is 142 cm³/mol. The van der Waals surface area contributed by atoms with Crippen LogP contribution >= 0.6 is 0 Å². The fourth-order valence-electron chi connectivity index (χ4n) is 3.60. The van der Waals surface area contributed by atoms with E-state index < -0.39 is 10.4 Å². The van der Waals surface area contributed by atoms with Gasteiger partial charge in [0.1, 0.15) is 6.54 Å². The Kier molecular flexibility index (Phi) is 28.5. The Labute approximate surface area is 215 Å².